The Bertz CT molecular complexity index is 622. The number of hydrogen-bond acceptors (Lipinski definition) is 6. The molecule has 1 aliphatic carbocycles. The Morgan fingerprint density at radius 3 is 2.27 bits per heavy atom. The summed E-state index contributed by atoms with van der Waals surface area (Å²) in [4.78, 5) is 26.1. The number of ether oxygens (including phenoxy) is 2. The van der Waals surface area contributed by atoms with Crippen molar-refractivity contribution in [2.45, 2.75) is 38.5 Å². The normalized spacial score (nSPS) is 26.2. The third-order valence-electron chi connectivity index (χ3n) is 4.47. The van der Waals surface area contributed by atoms with E-state index in [-0.39, 0.29) is 18.9 Å². The van der Waals surface area contributed by atoms with E-state index in [4.69, 9.17) is 4.74 Å². The van der Waals surface area contributed by atoms with E-state index in [1.165, 1.54) is 19.9 Å². The number of rotatable bonds is 5. The van der Waals surface area contributed by atoms with E-state index in [1.54, 1.807) is 4.90 Å². The molecule has 9 heteroatoms. The molecule has 1 heterocycles. The summed E-state index contributed by atoms with van der Waals surface area (Å²) in [5, 5.41) is 10.7. The van der Waals surface area contributed by atoms with E-state index >= 15 is 0 Å². The van der Waals surface area contributed by atoms with Gasteiger partial charge in [-0.3, -0.25) is 4.79 Å². The first-order chi connectivity index (χ1) is 12.2. The molecule has 26 heavy (non-hydrogen) atoms. The van der Waals surface area contributed by atoms with Gasteiger partial charge in [0.1, 0.15) is 5.92 Å². The van der Waals surface area contributed by atoms with Crippen LogP contribution in [0.25, 0.3) is 0 Å². The van der Waals surface area contributed by atoms with Crippen LogP contribution in [0.1, 0.15) is 26.7 Å². The van der Waals surface area contributed by atoms with E-state index < -0.39 is 35.2 Å². The molecule has 0 unspecified atom stereocenters. The number of halogens is 3. The monoisotopic (exact) mass is 377 g/mol. The number of alkyl halides is 3. The fourth-order valence-corrected chi connectivity index (χ4v) is 3.29. The molecule has 0 saturated carbocycles. The topological polar surface area (TPSA) is 76.1 Å². The van der Waals surface area contributed by atoms with Crippen LogP contribution in [0.4, 0.5) is 13.2 Å². The Labute approximate surface area is 149 Å². The van der Waals surface area contributed by atoms with Gasteiger partial charge in [0.05, 0.1) is 18.8 Å². The van der Waals surface area contributed by atoms with E-state index in [9.17, 15) is 27.9 Å². The van der Waals surface area contributed by atoms with Gasteiger partial charge in [0.25, 0.3) is 0 Å². The lowest BCUT2D eigenvalue weighted by Gasteiger charge is -2.42. The number of carbonyl (C=O) groups excluding carboxylic acids is 2. The predicted octanol–water partition coefficient (Wildman–Crippen LogP) is 1.94. The summed E-state index contributed by atoms with van der Waals surface area (Å²) in [6, 6.07) is 0. The quantitative estimate of drug-likeness (QED) is 0.738. The van der Waals surface area contributed by atoms with Crippen LogP contribution in [-0.4, -0.2) is 60.0 Å². The van der Waals surface area contributed by atoms with Crippen LogP contribution in [0.15, 0.2) is 23.4 Å². The summed E-state index contributed by atoms with van der Waals surface area (Å²) in [7, 11) is 0. The average molecular weight is 377 g/mol. The van der Waals surface area contributed by atoms with Crippen molar-refractivity contribution >= 4 is 11.9 Å². The van der Waals surface area contributed by atoms with Crippen molar-refractivity contribution in [3.05, 3.63) is 23.4 Å². The Hall–Kier alpha value is -2.03. The highest BCUT2D eigenvalue weighted by atomic mass is 19.4. The number of hydrogen-bond donors (Lipinski definition) is 1. The van der Waals surface area contributed by atoms with Gasteiger partial charge < -0.3 is 19.5 Å². The lowest BCUT2D eigenvalue weighted by atomic mass is 9.74. The second-order valence-corrected chi connectivity index (χ2v) is 6.04. The van der Waals surface area contributed by atoms with Gasteiger partial charge in [-0.15, -0.1) is 0 Å². The minimum absolute atomic E-state index is 0.00572. The highest BCUT2D eigenvalue weighted by Gasteiger charge is 2.67. The second-order valence-electron chi connectivity index (χ2n) is 6.04. The van der Waals surface area contributed by atoms with Crippen LogP contribution >= 0.6 is 0 Å². The Morgan fingerprint density at radius 1 is 1.19 bits per heavy atom. The van der Waals surface area contributed by atoms with Gasteiger partial charge in [0, 0.05) is 18.8 Å². The number of aliphatic hydroxyl groups is 1. The molecule has 2 aliphatic rings. The zero-order valence-corrected chi connectivity index (χ0v) is 14.6. The summed E-state index contributed by atoms with van der Waals surface area (Å²) >= 11 is 0. The summed E-state index contributed by atoms with van der Waals surface area (Å²) in [5.74, 6) is -4.65. The summed E-state index contributed by atoms with van der Waals surface area (Å²) < 4.78 is 51.3. The molecule has 146 valence electrons. The van der Waals surface area contributed by atoms with Crippen molar-refractivity contribution in [2.75, 3.05) is 26.3 Å². The Balaban J connectivity index is 2.62. The van der Waals surface area contributed by atoms with Crippen LogP contribution in [0.5, 0.6) is 0 Å². The van der Waals surface area contributed by atoms with Crippen LogP contribution in [-0.2, 0) is 19.1 Å². The van der Waals surface area contributed by atoms with Crippen LogP contribution in [0, 0.1) is 5.92 Å². The zero-order chi connectivity index (χ0) is 19.5. The molecule has 2 atom stereocenters. The molecule has 0 bridgehead atoms. The molecule has 0 aromatic carbocycles. The van der Waals surface area contributed by atoms with Crippen LogP contribution in [0.3, 0.4) is 0 Å². The lowest BCUT2D eigenvalue weighted by Crippen LogP contribution is -2.60. The molecule has 1 aliphatic heterocycles. The molecule has 2 rings (SSSR count). The molecule has 0 amide bonds. The van der Waals surface area contributed by atoms with Gasteiger partial charge in [-0.05, 0) is 38.8 Å². The first-order valence-electron chi connectivity index (χ1n) is 8.48. The highest BCUT2D eigenvalue weighted by Crippen LogP contribution is 2.48. The van der Waals surface area contributed by atoms with E-state index in [2.05, 4.69) is 4.74 Å². The first-order valence-corrected chi connectivity index (χ1v) is 8.48. The van der Waals surface area contributed by atoms with Crippen molar-refractivity contribution in [3.63, 3.8) is 0 Å². The molecule has 0 spiro atoms. The molecule has 0 aromatic heterocycles. The minimum atomic E-state index is -5.29. The second kappa shape index (κ2) is 7.69. The smallest absolute Gasteiger partial charge is 0.423 e. The van der Waals surface area contributed by atoms with Crippen molar-refractivity contribution in [1.82, 2.24) is 4.90 Å². The third-order valence-corrected chi connectivity index (χ3v) is 4.47. The fraction of sp³-hybridized carbons (Fsp3) is 0.647. The van der Waals surface area contributed by atoms with Crippen molar-refractivity contribution in [2.24, 2.45) is 5.92 Å². The van der Waals surface area contributed by atoms with Gasteiger partial charge in [-0.25, -0.2) is 4.79 Å². The number of nitrogens with zero attached hydrogens (tertiary/aromatic N) is 1. The van der Waals surface area contributed by atoms with Crippen LogP contribution < -0.4 is 0 Å². The zero-order valence-electron chi connectivity index (χ0n) is 14.6. The largest absolute Gasteiger partial charge is 0.465 e. The number of allylic oxidation sites excluding steroid dienone is 2. The summed E-state index contributed by atoms with van der Waals surface area (Å²) in [5.41, 5.74) is -4.75. The summed E-state index contributed by atoms with van der Waals surface area (Å²) in [6.07, 6.45) is -1.63. The standard InChI is InChI=1S/C17H22F3NO5/c1-3-25-14(22)11-7-8-12(21-9-5-6-10-21)13(15(23)26-4-2)16(11,24)17(18,19)20/h7-8,13,24H,3-6,9-10H2,1-2H3/t13-,16-/m0/s1. The molecule has 0 radical (unpaired) electrons. The molecular weight excluding hydrogens is 355 g/mol. The van der Waals surface area contributed by atoms with E-state index in [1.807, 2.05) is 0 Å². The highest BCUT2D eigenvalue weighted by molar-refractivity contribution is 5.94. The van der Waals surface area contributed by atoms with E-state index in [0.29, 0.717) is 13.1 Å². The van der Waals surface area contributed by atoms with Crippen molar-refractivity contribution in [3.8, 4) is 0 Å². The van der Waals surface area contributed by atoms with Gasteiger partial charge in [-0.1, -0.05) is 0 Å². The molecule has 0 aromatic rings. The predicted molar refractivity (Wildman–Crippen MR) is 84.7 cm³/mol. The molecule has 1 saturated heterocycles. The SMILES string of the molecule is CCOC(=O)C1=CC=C(N2CCCC2)[C@@H](C(=O)OCC)[C@]1(O)C(F)(F)F. The third kappa shape index (κ3) is 3.44. The maximum atomic E-state index is 13.9. The molecule has 1 N–H and O–H groups in total. The Morgan fingerprint density at radius 2 is 1.77 bits per heavy atom. The lowest BCUT2D eigenvalue weighted by molar-refractivity contribution is -0.262. The summed E-state index contributed by atoms with van der Waals surface area (Å²) in [6.45, 7) is 3.47. The molecule has 6 nitrogen and oxygen atoms in total. The van der Waals surface area contributed by atoms with Crippen molar-refractivity contribution < 1.29 is 37.3 Å². The maximum absolute atomic E-state index is 13.9. The van der Waals surface area contributed by atoms with E-state index in [0.717, 1.165) is 18.9 Å². The number of likely N-dealkylation sites (tertiary alicyclic amines) is 1. The van der Waals surface area contributed by atoms with Crippen LogP contribution in [0.2, 0.25) is 0 Å². The molecule has 1 fully saturated rings. The number of esters is 2. The maximum Gasteiger partial charge on any atom is 0.423 e. The number of carbonyl (C=O) groups is 2. The Kier molecular flexibility index (Phi) is 6.00. The minimum Gasteiger partial charge on any atom is -0.465 e. The van der Waals surface area contributed by atoms with Crippen molar-refractivity contribution in [1.29, 1.82) is 0 Å². The van der Waals surface area contributed by atoms with Gasteiger partial charge in [0.2, 0.25) is 5.60 Å². The molecular formula is C17H22F3NO5. The first kappa shape index (κ1) is 20.3. The fourth-order valence-electron chi connectivity index (χ4n) is 3.29. The van der Waals surface area contributed by atoms with Gasteiger partial charge >= 0.3 is 18.1 Å². The van der Waals surface area contributed by atoms with Gasteiger partial charge in [-0.2, -0.15) is 13.2 Å². The average Bonchev–Trinajstić information content (AvgIpc) is 3.07. The van der Waals surface area contributed by atoms with Gasteiger partial charge in [0.15, 0.2) is 0 Å².